The molecule has 1 saturated heterocycles. The van der Waals surface area contributed by atoms with Crippen LogP contribution >= 0.6 is 0 Å². The molecule has 0 bridgehead atoms. The number of halogens is 3. The van der Waals surface area contributed by atoms with E-state index in [-0.39, 0.29) is 26.2 Å². The highest BCUT2D eigenvalue weighted by Gasteiger charge is 2.32. The molecule has 0 spiro atoms. The summed E-state index contributed by atoms with van der Waals surface area (Å²) in [6.07, 6.45) is -4.73. The van der Waals surface area contributed by atoms with Crippen molar-refractivity contribution < 1.29 is 37.3 Å². The van der Waals surface area contributed by atoms with Crippen LogP contribution in [0.5, 0.6) is 0 Å². The normalized spacial score (nSPS) is 20.4. The van der Waals surface area contributed by atoms with Crippen LogP contribution in [0.3, 0.4) is 0 Å². The number of ether oxygens (including phenoxy) is 2. The van der Waals surface area contributed by atoms with Gasteiger partial charge in [0.1, 0.15) is 6.61 Å². The van der Waals surface area contributed by atoms with Crippen LogP contribution in [0.2, 0.25) is 0 Å². The Morgan fingerprint density at radius 2 is 2.11 bits per heavy atom. The number of aliphatic carboxylic acids is 1. The van der Waals surface area contributed by atoms with Gasteiger partial charge in [0.15, 0.2) is 6.04 Å². The minimum absolute atomic E-state index is 0.106. The number of nitrogens with zero attached hydrogens (tertiary/aromatic N) is 1. The van der Waals surface area contributed by atoms with Crippen molar-refractivity contribution in [2.24, 2.45) is 0 Å². The van der Waals surface area contributed by atoms with E-state index in [2.05, 4.69) is 4.74 Å². The number of hydrogen-bond donors (Lipinski definition) is 1. The molecule has 0 radical (unpaired) electrons. The molecule has 0 unspecified atom stereocenters. The number of hydrogen-bond acceptors (Lipinski definition) is 4. The summed E-state index contributed by atoms with van der Waals surface area (Å²) in [6, 6.07) is -1.09. The van der Waals surface area contributed by atoms with E-state index in [1.807, 2.05) is 0 Å². The van der Waals surface area contributed by atoms with Gasteiger partial charge < -0.3 is 19.5 Å². The van der Waals surface area contributed by atoms with Gasteiger partial charge in [-0.2, -0.15) is 13.2 Å². The monoisotopic (exact) mass is 285 g/mol. The van der Waals surface area contributed by atoms with Gasteiger partial charge in [-0.1, -0.05) is 0 Å². The maximum atomic E-state index is 11.8. The Morgan fingerprint density at radius 3 is 2.68 bits per heavy atom. The lowest BCUT2D eigenvalue weighted by atomic mass is 10.2. The Labute approximate surface area is 107 Å². The average Bonchev–Trinajstić information content (AvgIpc) is 2.33. The van der Waals surface area contributed by atoms with Crippen molar-refractivity contribution in [2.45, 2.75) is 18.6 Å². The number of carbonyl (C=O) groups excluding carboxylic acids is 1. The van der Waals surface area contributed by atoms with Crippen LogP contribution in [-0.4, -0.2) is 67.1 Å². The first-order valence-corrected chi connectivity index (χ1v) is 5.56. The van der Waals surface area contributed by atoms with Gasteiger partial charge >= 0.3 is 12.1 Å². The van der Waals surface area contributed by atoms with Crippen molar-refractivity contribution in [3.63, 3.8) is 0 Å². The minimum atomic E-state index is -4.44. The molecule has 19 heavy (non-hydrogen) atoms. The molecule has 1 amide bonds. The third-order valence-electron chi connectivity index (χ3n) is 2.46. The molecule has 6 nitrogen and oxygen atoms in total. The topological polar surface area (TPSA) is 76.1 Å². The summed E-state index contributed by atoms with van der Waals surface area (Å²) in [5, 5.41) is 8.88. The molecule has 110 valence electrons. The molecular formula is C10H14F3NO5. The van der Waals surface area contributed by atoms with Gasteiger partial charge in [0.2, 0.25) is 5.91 Å². The molecule has 1 N–H and O–H groups in total. The van der Waals surface area contributed by atoms with Gasteiger partial charge in [-0.3, -0.25) is 4.79 Å². The molecule has 1 aliphatic rings. The van der Waals surface area contributed by atoms with Gasteiger partial charge in [0, 0.05) is 6.54 Å². The summed E-state index contributed by atoms with van der Waals surface area (Å²) in [5.41, 5.74) is 0. The predicted molar refractivity (Wildman–Crippen MR) is 55.4 cm³/mol. The third kappa shape index (κ3) is 5.43. The number of carbonyl (C=O) groups is 2. The highest BCUT2D eigenvalue weighted by Crippen LogP contribution is 2.15. The van der Waals surface area contributed by atoms with Crippen LogP contribution in [0.25, 0.3) is 0 Å². The first-order valence-electron chi connectivity index (χ1n) is 5.56. The largest absolute Gasteiger partial charge is 0.480 e. The van der Waals surface area contributed by atoms with Crippen LogP contribution < -0.4 is 0 Å². The molecule has 1 fully saturated rings. The fraction of sp³-hybridized carbons (Fsp3) is 0.800. The van der Waals surface area contributed by atoms with E-state index < -0.39 is 37.3 Å². The number of morpholine rings is 1. The predicted octanol–water partition coefficient (Wildman–Crippen LogP) is 0.267. The van der Waals surface area contributed by atoms with Crippen molar-refractivity contribution in [2.75, 3.05) is 33.0 Å². The molecule has 9 heteroatoms. The Morgan fingerprint density at radius 1 is 1.42 bits per heavy atom. The summed E-state index contributed by atoms with van der Waals surface area (Å²) in [5.74, 6) is -1.76. The van der Waals surface area contributed by atoms with Crippen LogP contribution in [0.4, 0.5) is 13.2 Å². The SMILES string of the molecule is O=C(O)[C@H]1COCCN1C(=O)CCOCC(F)(F)F. The number of carboxylic acids is 1. The highest BCUT2D eigenvalue weighted by atomic mass is 19.4. The first kappa shape index (κ1) is 15.7. The van der Waals surface area contributed by atoms with Gasteiger partial charge in [-0.05, 0) is 0 Å². The second kappa shape index (κ2) is 6.71. The van der Waals surface area contributed by atoms with Gasteiger partial charge in [-0.15, -0.1) is 0 Å². The van der Waals surface area contributed by atoms with Crippen LogP contribution in [0.15, 0.2) is 0 Å². The minimum Gasteiger partial charge on any atom is -0.480 e. The fourth-order valence-corrected chi connectivity index (χ4v) is 1.60. The lowest BCUT2D eigenvalue weighted by Crippen LogP contribution is -2.52. The summed E-state index contributed by atoms with van der Waals surface area (Å²) >= 11 is 0. The number of rotatable bonds is 5. The number of carboxylic acid groups (broad SMARTS) is 1. The smallest absolute Gasteiger partial charge is 0.411 e. The van der Waals surface area contributed by atoms with Crippen molar-refractivity contribution in [3.8, 4) is 0 Å². The maximum Gasteiger partial charge on any atom is 0.411 e. The van der Waals surface area contributed by atoms with Gasteiger partial charge in [0.25, 0.3) is 0 Å². The molecule has 0 aromatic rings. The van der Waals surface area contributed by atoms with Gasteiger partial charge in [0.05, 0.1) is 26.2 Å². The van der Waals surface area contributed by atoms with E-state index >= 15 is 0 Å². The van der Waals surface area contributed by atoms with E-state index in [0.29, 0.717) is 0 Å². The molecule has 0 saturated carbocycles. The quantitative estimate of drug-likeness (QED) is 0.734. The van der Waals surface area contributed by atoms with Crippen LogP contribution in [0.1, 0.15) is 6.42 Å². The maximum absolute atomic E-state index is 11.8. The molecule has 1 rings (SSSR count). The zero-order valence-electron chi connectivity index (χ0n) is 9.98. The van der Waals surface area contributed by atoms with Gasteiger partial charge in [-0.25, -0.2) is 4.79 Å². The lowest BCUT2D eigenvalue weighted by Gasteiger charge is -2.32. The van der Waals surface area contributed by atoms with Crippen LogP contribution in [-0.2, 0) is 19.1 Å². The standard InChI is InChI=1S/C10H14F3NO5/c11-10(12,13)6-19-3-1-8(15)14-2-4-18-5-7(14)9(16)17/h7H,1-6H2,(H,16,17)/t7-/m1/s1. The highest BCUT2D eigenvalue weighted by molar-refractivity contribution is 5.84. The number of alkyl halides is 3. The lowest BCUT2D eigenvalue weighted by molar-refractivity contribution is -0.176. The second-order valence-electron chi connectivity index (χ2n) is 3.93. The van der Waals surface area contributed by atoms with E-state index in [1.165, 1.54) is 0 Å². The second-order valence-corrected chi connectivity index (χ2v) is 3.93. The molecule has 1 atom stereocenters. The molecular weight excluding hydrogens is 271 g/mol. The summed E-state index contributed by atoms with van der Waals surface area (Å²) < 4.78 is 44.6. The average molecular weight is 285 g/mol. The van der Waals surface area contributed by atoms with E-state index in [0.717, 1.165) is 4.90 Å². The zero-order valence-corrected chi connectivity index (χ0v) is 9.98. The summed E-state index contributed by atoms with van der Waals surface area (Å²) in [6.45, 7) is -1.63. The van der Waals surface area contributed by atoms with E-state index in [4.69, 9.17) is 9.84 Å². The fourth-order valence-electron chi connectivity index (χ4n) is 1.60. The summed E-state index contributed by atoms with van der Waals surface area (Å²) in [4.78, 5) is 23.6. The third-order valence-corrected chi connectivity index (χ3v) is 2.46. The Bertz CT molecular complexity index is 334. The molecule has 0 aromatic carbocycles. The molecule has 1 heterocycles. The van der Waals surface area contributed by atoms with E-state index in [9.17, 15) is 22.8 Å². The molecule has 1 aliphatic heterocycles. The van der Waals surface area contributed by atoms with E-state index in [1.54, 1.807) is 0 Å². The Kier molecular flexibility index (Phi) is 5.55. The Balaban J connectivity index is 2.37. The zero-order chi connectivity index (χ0) is 14.5. The van der Waals surface area contributed by atoms with Crippen molar-refractivity contribution in [1.82, 2.24) is 4.90 Å². The molecule has 0 aromatic heterocycles. The first-order chi connectivity index (χ1) is 8.81. The van der Waals surface area contributed by atoms with Crippen molar-refractivity contribution in [1.29, 1.82) is 0 Å². The Hall–Kier alpha value is -1.35. The van der Waals surface area contributed by atoms with Crippen molar-refractivity contribution in [3.05, 3.63) is 0 Å². The van der Waals surface area contributed by atoms with Crippen LogP contribution in [0, 0.1) is 0 Å². The molecule has 0 aliphatic carbocycles. The number of amides is 1. The van der Waals surface area contributed by atoms with Crippen molar-refractivity contribution >= 4 is 11.9 Å². The summed E-state index contributed by atoms with van der Waals surface area (Å²) in [7, 11) is 0.